The molecule has 3 amide bonds. The zero-order chi connectivity index (χ0) is 18.6. The van der Waals surface area contributed by atoms with E-state index in [9.17, 15) is 9.59 Å². The first-order valence-electron chi connectivity index (χ1n) is 8.73. The second kappa shape index (κ2) is 5.68. The van der Waals surface area contributed by atoms with E-state index in [2.05, 4.69) is 15.2 Å². The Kier molecular flexibility index (Phi) is 3.38. The van der Waals surface area contributed by atoms with Crippen molar-refractivity contribution in [2.45, 2.75) is 11.5 Å². The molecule has 27 heavy (non-hydrogen) atoms. The van der Waals surface area contributed by atoms with Gasteiger partial charge in [-0.2, -0.15) is 0 Å². The van der Waals surface area contributed by atoms with E-state index in [0.29, 0.717) is 30.3 Å². The van der Waals surface area contributed by atoms with Crippen LogP contribution in [0.1, 0.15) is 11.5 Å². The molecule has 1 aromatic carbocycles. The lowest BCUT2D eigenvalue weighted by atomic mass is 9.81. The van der Waals surface area contributed by atoms with E-state index in [1.165, 1.54) is 11.1 Å². The maximum Gasteiger partial charge on any atom is 0.329 e. The summed E-state index contributed by atoms with van der Waals surface area (Å²) < 4.78 is 10.9. The van der Waals surface area contributed by atoms with Gasteiger partial charge in [0.15, 0.2) is 11.5 Å². The molecular formula is C19H18N4O4. The zero-order valence-corrected chi connectivity index (χ0v) is 14.7. The van der Waals surface area contributed by atoms with E-state index < -0.39 is 11.6 Å². The van der Waals surface area contributed by atoms with Crippen molar-refractivity contribution in [1.29, 1.82) is 0 Å². The van der Waals surface area contributed by atoms with Gasteiger partial charge in [0, 0.05) is 25.2 Å². The number of hydrogen-bond donors (Lipinski definition) is 1. The lowest BCUT2D eigenvalue weighted by Gasteiger charge is -2.28. The molecule has 3 aliphatic rings. The standard InChI is InChI=1S/C19H18N4O4/c1-22-9-14(12-4-5-15-16(7-12)27-11-26-15)19(10-22)17(24)23(18(25)21-19)13-3-2-6-20-8-13/h2-8,14H,9-11H2,1H3,(H,21,25)/t14-,19-/m0/s1. The minimum Gasteiger partial charge on any atom is -0.454 e. The molecule has 0 radical (unpaired) electrons. The predicted octanol–water partition coefficient (Wildman–Crippen LogP) is 1.33. The fourth-order valence-corrected chi connectivity index (χ4v) is 4.24. The molecule has 8 nitrogen and oxygen atoms in total. The number of hydrogen-bond acceptors (Lipinski definition) is 6. The van der Waals surface area contributed by atoms with Crippen LogP contribution in [0, 0.1) is 0 Å². The van der Waals surface area contributed by atoms with E-state index in [-0.39, 0.29) is 18.6 Å². The van der Waals surface area contributed by atoms with Crippen molar-refractivity contribution in [3.63, 3.8) is 0 Å². The van der Waals surface area contributed by atoms with Crippen molar-refractivity contribution in [2.75, 3.05) is 31.8 Å². The number of benzene rings is 1. The third-order valence-electron chi connectivity index (χ3n) is 5.43. The van der Waals surface area contributed by atoms with Gasteiger partial charge in [0.05, 0.1) is 11.9 Å². The van der Waals surface area contributed by atoms with Crippen molar-refractivity contribution >= 4 is 17.6 Å². The van der Waals surface area contributed by atoms with Gasteiger partial charge in [-0.3, -0.25) is 9.78 Å². The fraction of sp³-hybridized carbons (Fsp3) is 0.316. The summed E-state index contributed by atoms with van der Waals surface area (Å²) in [6.45, 7) is 1.28. The number of nitrogens with zero attached hydrogens (tertiary/aromatic N) is 3. The molecule has 5 rings (SSSR count). The number of urea groups is 1. The molecule has 3 aliphatic heterocycles. The molecular weight excluding hydrogens is 348 g/mol. The number of aromatic nitrogens is 1. The molecule has 0 saturated carbocycles. The summed E-state index contributed by atoms with van der Waals surface area (Å²) in [7, 11) is 1.95. The first-order valence-corrected chi connectivity index (χ1v) is 8.73. The van der Waals surface area contributed by atoms with Crippen molar-refractivity contribution < 1.29 is 19.1 Å². The molecule has 2 fully saturated rings. The zero-order valence-electron chi connectivity index (χ0n) is 14.7. The fourth-order valence-electron chi connectivity index (χ4n) is 4.24. The van der Waals surface area contributed by atoms with Gasteiger partial charge in [-0.25, -0.2) is 9.69 Å². The minimum absolute atomic E-state index is 0.193. The minimum atomic E-state index is -1.02. The number of anilines is 1. The molecule has 1 N–H and O–H groups in total. The second-order valence-corrected chi connectivity index (χ2v) is 7.12. The Balaban J connectivity index is 1.56. The number of carbonyl (C=O) groups is 2. The summed E-state index contributed by atoms with van der Waals surface area (Å²) in [6, 6.07) is 8.68. The van der Waals surface area contributed by atoms with Gasteiger partial charge in [0.25, 0.3) is 5.91 Å². The normalized spacial score (nSPS) is 26.9. The number of pyridine rings is 1. The highest BCUT2D eigenvalue weighted by atomic mass is 16.7. The molecule has 0 aliphatic carbocycles. The summed E-state index contributed by atoms with van der Waals surface area (Å²) in [5.41, 5.74) is 0.385. The topological polar surface area (TPSA) is 84.0 Å². The molecule has 4 heterocycles. The third-order valence-corrected chi connectivity index (χ3v) is 5.43. The maximum absolute atomic E-state index is 13.4. The highest BCUT2D eigenvalue weighted by Crippen LogP contribution is 2.43. The van der Waals surface area contributed by atoms with Gasteiger partial charge in [-0.15, -0.1) is 0 Å². The average Bonchev–Trinajstić information content (AvgIpc) is 3.32. The van der Waals surface area contributed by atoms with Crippen molar-refractivity contribution in [2.24, 2.45) is 0 Å². The monoisotopic (exact) mass is 366 g/mol. The smallest absolute Gasteiger partial charge is 0.329 e. The van der Waals surface area contributed by atoms with Gasteiger partial charge in [-0.1, -0.05) is 6.07 Å². The molecule has 1 aromatic heterocycles. The van der Waals surface area contributed by atoms with Crippen LogP contribution in [-0.2, 0) is 4.79 Å². The molecule has 0 bridgehead atoms. The van der Waals surface area contributed by atoms with Crippen molar-refractivity contribution in [3.8, 4) is 11.5 Å². The van der Waals surface area contributed by atoms with Crippen LogP contribution in [-0.4, -0.2) is 54.3 Å². The summed E-state index contributed by atoms with van der Waals surface area (Å²) >= 11 is 0. The Hall–Kier alpha value is -3.13. The van der Waals surface area contributed by atoms with Gasteiger partial charge in [0.1, 0.15) is 5.54 Å². The number of nitrogens with one attached hydrogen (secondary N) is 1. The number of imide groups is 1. The maximum atomic E-state index is 13.4. The SMILES string of the molecule is CN1C[C@@H](c2ccc3c(c2)OCO3)[C@]2(C1)NC(=O)N(c1cccnc1)C2=O. The van der Waals surface area contributed by atoms with Gasteiger partial charge in [0.2, 0.25) is 6.79 Å². The molecule has 8 heteroatoms. The molecule has 0 unspecified atom stereocenters. The van der Waals surface area contributed by atoms with Crippen LogP contribution in [0.3, 0.4) is 0 Å². The third kappa shape index (κ3) is 2.30. The highest BCUT2D eigenvalue weighted by molar-refractivity contribution is 6.24. The Morgan fingerprint density at radius 2 is 2.07 bits per heavy atom. The number of fused-ring (bicyclic) bond motifs is 1. The number of ether oxygens (including phenoxy) is 2. The van der Waals surface area contributed by atoms with E-state index in [1.807, 2.05) is 25.2 Å². The van der Waals surface area contributed by atoms with Crippen LogP contribution in [0.5, 0.6) is 11.5 Å². The second-order valence-electron chi connectivity index (χ2n) is 7.12. The lowest BCUT2D eigenvalue weighted by Crippen LogP contribution is -2.52. The summed E-state index contributed by atoms with van der Waals surface area (Å²) in [4.78, 5) is 33.4. The summed E-state index contributed by atoms with van der Waals surface area (Å²) in [6.07, 6.45) is 3.13. The summed E-state index contributed by atoms with van der Waals surface area (Å²) in [5, 5.41) is 2.97. The molecule has 2 atom stereocenters. The number of likely N-dealkylation sites (tertiary alicyclic amines) is 1. The largest absolute Gasteiger partial charge is 0.454 e. The number of amides is 3. The number of rotatable bonds is 2. The van der Waals surface area contributed by atoms with Crippen LogP contribution in [0.15, 0.2) is 42.7 Å². The molecule has 138 valence electrons. The van der Waals surface area contributed by atoms with Crippen LogP contribution >= 0.6 is 0 Å². The van der Waals surface area contributed by atoms with E-state index in [4.69, 9.17) is 9.47 Å². The number of carbonyl (C=O) groups excluding carboxylic acids is 2. The number of likely N-dealkylation sites (N-methyl/N-ethyl adjacent to an activating group) is 1. The van der Waals surface area contributed by atoms with Crippen LogP contribution in [0.2, 0.25) is 0 Å². The van der Waals surface area contributed by atoms with Gasteiger partial charge in [-0.05, 0) is 36.9 Å². The van der Waals surface area contributed by atoms with Crippen LogP contribution in [0.25, 0.3) is 0 Å². The van der Waals surface area contributed by atoms with Gasteiger partial charge >= 0.3 is 6.03 Å². The highest BCUT2D eigenvalue weighted by Gasteiger charge is 2.60. The van der Waals surface area contributed by atoms with Crippen LogP contribution in [0.4, 0.5) is 10.5 Å². The molecule has 2 aromatic rings. The molecule has 1 spiro atoms. The average molecular weight is 366 g/mol. The van der Waals surface area contributed by atoms with E-state index in [0.717, 1.165) is 5.56 Å². The van der Waals surface area contributed by atoms with Gasteiger partial charge < -0.3 is 19.7 Å². The Morgan fingerprint density at radius 3 is 2.89 bits per heavy atom. The first-order chi connectivity index (χ1) is 13.1. The lowest BCUT2D eigenvalue weighted by molar-refractivity contribution is -0.122. The van der Waals surface area contributed by atoms with E-state index in [1.54, 1.807) is 18.3 Å². The van der Waals surface area contributed by atoms with Crippen molar-refractivity contribution in [3.05, 3.63) is 48.3 Å². The van der Waals surface area contributed by atoms with Crippen LogP contribution < -0.4 is 19.7 Å². The summed E-state index contributed by atoms with van der Waals surface area (Å²) in [5.74, 6) is 0.902. The predicted molar refractivity (Wildman–Crippen MR) is 95.8 cm³/mol. The first kappa shape index (κ1) is 16.1. The Morgan fingerprint density at radius 1 is 1.22 bits per heavy atom. The Bertz CT molecular complexity index is 935. The van der Waals surface area contributed by atoms with E-state index >= 15 is 0 Å². The van der Waals surface area contributed by atoms with Crippen molar-refractivity contribution in [1.82, 2.24) is 15.2 Å². The quantitative estimate of drug-likeness (QED) is 0.808. The molecule has 2 saturated heterocycles. The Labute approximate surface area is 155 Å².